The molecule has 1 amide bonds. The van der Waals surface area contributed by atoms with Gasteiger partial charge in [0.25, 0.3) is 0 Å². The molecule has 21 heavy (non-hydrogen) atoms. The fourth-order valence-electron chi connectivity index (χ4n) is 2.27. The molecule has 0 aliphatic heterocycles. The molecule has 0 saturated heterocycles. The predicted molar refractivity (Wildman–Crippen MR) is 84.2 cm³/mol. The summed E-state index contributed by atoms with van der Waals surface area (Å²) in [6.07, 6.45) is 0.872. The summed E-state index contributed by atoms with van der Waals surface area (Å²) in [5.74, 6) is -1.20. The average Bonchev–Trinajstić information content (AvgIpc) is 2.75. The van der Waals surface area contributed by atoms with Crippen molar-refractivity contribution in [3.8, 4) is 0 Å². The molecule has 0 aliphatic carbocycles. The number of benzene rings is 1. The van der Waals surface area contributed by atoms with Gasteiger partial charge < -0.3 is 10.4 Å². The van der Waals surface area contributed by atoms with Crippen LogP contribution in [0, 0.1) is 6.92 Å². The molecule has 110 valence electrons. The van der Waals surface area contributed by atoms with Crippen molar-refractivity contribution in [1.29, 1.82) is 0 Å². The minimum absolute atomic E-state index is 0.201. The van der Waals surface area contributed by atoms with E-state index >= 15 is 0 Å². The number of carboxylic acid groups (broad SMARTS) is 1. The van der Waals surface area contributed by atoms with Crippen molar-refractivity contribution in [3.05, 3.63) is 51.9 Å². The highest BCUT2D eigenvalue weighted by Crippen LogP contribution is 2.33. The molecule has 0 fully saturated rings. The molecular weight excluding hydrogens is 286 g/mol. The van der Waals surface area contributed by atoms with Gasteiger partial charge in [0.2, 0.25) is 5.91 Å². The molecule has 1 aromatic heterocycles. The maximum atomic E-state index is 12.1. The van der Waals surface area contributed by atoms with Crippen molar-refractivity contribution in [2.75, 3.05) is 5.32 Å². The van der Waals surface area contributed by atoms with Gasteiger partial charge in [-0.2, -0.15) is 0 Å². The number of anilines is 1. The van der Waals surface area contributed by atoms with Crippen LogP contribution in [0.2, 0.25) is 0 Å². The second-order valence-electron chi connectivity index (χ2n) is 4.71. The average molecular weight is 303 g/mol. The lowest BCUT2D eigenvalue weighted by molar-refractivity contribution is -0.115. The smallest absolute Gasteiger partial charge is 0.339 e. The van der Waals surface area contributed by atoms with Crippen LogP contribution in [0.3, 0.4) is 0 Å². The van der Waals surface area contributed by atoms with Crippen LogP contribution in [0.25, 0.3) is 0 Å². The van der Waals surface area contributed by atoms with E-state index in [0.717, 1.165) is 16.0 Å². The number of nitrogens with one attached hydrogen (secondary N) is 1. The molecule has 5 heteroatoms. The maximum absolute atomic E-state index is 12.1. The first-order chi connectivity index (χ1) is 10.0. The van der Waals surface area contributed by atoms with Crippen LogP contribution in [0.5, 0.6) is 0 Å². The molecule has 1 heterocycles. The number of thiophene rings is 1. The molecule has 0 radical (unpaired) electrons. The monoisotopic (exact) mass is 303 g/mol. The van der Waals surface area contributed by atoms with Gasteiger partial charge in [0.15, 0.2) is 0 Å². The Morgan fingerprint density at radius 1 is 1.24 bits per heavy atom. The summed E-state index contributed by atoms with van der Waals surface area (Å²) < 4.78 is 0. The Balaban J connectivity index is 2.20. The zero-order valence-corrected chi connectivity index (χ0v) is 12.8. The lowest BCUT2D eigenvalue weighted by Gasteiger charge is -2.05. The second kappa shape index (κ2) is 6.54. The molecule has 0 aliphatic rings. The molecule has 0 spiro atoms. The number of hydrogen-bond acceptors (Lipinski definition) is 3. The molecule has 2 N–H and O–H groups in total. The van der Waals surface area contributed by atoms with Crippen molar-refractivity contribution >= 4 is 28.2 Å². The van der Waals surface area contributed by atoms with E-state index in [1.807, 2.05) is 44.2 Å². The van der Waals surface area contributed by atoms with E-state index < -0.39 is 5.97 Å². The minimum atomic E-state index is -0.994. The first-order valence-corrected chi connectivity index (χ1v) is 7.54. The topological polar surface area (TPSA) is 66.4 Å². The van der Waals surface area contributed by atoms with Gasteiger partial charge >= 0.3 is 5.97 Å². The molecule has 4 nitrogen and oxygen atoms in total. The van der Waals surface area contributed by atoms with Gasteiger partial charge in [-0.05, 0) is 24.5 Å². The lowest BCUT2D eigenvalue weighted by Crippen LogP contribution is -2.15. The van der Waals surface area contributed by atoms with Crippen LogP contribution in [0.4, 0.5) is 5.00 Å². The number of rotatable bonds is 5. The van der Waals surface area contributed by atoms with Crippen molar-refractivity contribution in [2.24, 2.45) is 0 Å². The maximum Gasteiger partial charge on any atom is 0.339 e. The summed E-state index contributed by atoms with van der Waals surface area (Å²) in [4.78, 5) is 24.4. The number of carbonyl (C=O) groups excluding carboxylic acids is 1. The van der Waals surface area contributed by atoms with Crippen LogP contribution < -0.4 is 5.32 Å². The van der Waals surface area contributed by atoms with E-state index in [-0.39, 0.29) is 17.9 Å². The molecule has 0 atom stereocenters. The predicted octanol–water partition coefficient (Wildman–Crippen LogP) is 3.50. The van der Waals surface area contributed by atoms with Crippen molar-refractivity contribution in [3.63, 3.8) is 0 Å². The van der Waals surface area contributed by atoms with Crippen LogP contribution in [0.15, 0.2) is 30.3 Å². The highest BCUT2D eigenvalue weighted by Gasteiger charge is 2.21. The molecule has 0 bridgehead atoms. The van der Waals surface area contributed by atoms with Crippen molar-refractivity contribution < 1.29 is 14.7 Å². The van der Waals surface area contributed by atoms with E-state index in [2.05, 4.69) is 5.32 Å². The van der Waals surface area contributed by atoms with Crippen molar-refractivity contribution in [1.82, 2.24) is 0 Å². The minimum Gasteiger partial charge on any atom is -0.478 e. The normalized spacial score (nSPS) is 10.4. The summed E-state index contributed by atoms with van der Waals surface area (Å²) >= 11 is 1.32. The SMILES string of the molecule is CCc1c(C)sc(NC(=O)Cc2ccccc2)c1C(=O)O. The fourth-order valence-corrected chi connectivity index (χ4v) is 3.42. The highest BCUT2D eigenvalue weighted by atomic mass is 32.1. The number of aryl methyl sites for hydroxylation is 1. The van der Waals surface area contributed by atoms with Gasteiger partial charge in [0, 0.05) is 4.88 Å². The van der Waals surface area contributed by atoms with Gasteiger partial charge in [-0.25, -0.2) is 4.79 Å². The molecule has 0 saturated carbocycles. The van der Waals surface area contributed by atoms with Gasteiger partial charge in [0.05, 0.1) is 12.0 Å². The third-order valence-electron chi connectivity index (χ3n) is 3.24. The number of aromatic carboxylic acids is 1. The van der Waals surface area contributed by atoms with E-state index in [1.54, 1.807) is 0 Å². The van der Waals surface area contributed by atoms with Gasteiger partial charge in [-0.1, -0.05) is 37.3 Å². The van der Waals surface area contributed by atoms with Gasteiger partial charge in [0.1, 0.15) is 5.00 Å². The first-order valence-electron chi connectivity index (χ1n) is 6.72. The molecule has 2 aromatic rings. The van der Waals surface area contributed by atoms with E-state index in [4.69, 9.17) is 0 Å². The molecule has 0 unspecified atom stereocenters. The summed E-state index contributed by atoms with van der Waals surface area (Å²) in [5, 5.41) is 12.5. The summed E-state index contributed by atoms with van der Waals surface area (Å²) in [6, 6.07) is 9.37. The third kappa shape index (κ3) is 3.49. The molecule has 1 aromatic carbocycles. The van der Waals surface area contributed by atoms with Crippen molar-refractivity contribution in [2.45, 2.75) is 26.7 Å². The van der Waals surface area contributed by atoms with E-state index in [0.29, 0.717) is 11.4 Å². The Labute approximate surface area is 127 Å². The zero-order valence-electron chi connectivity index (χ0n) is 12.0. The third-order valence-corrected chi connectivity index (χ3v) is 4.30. The summed E-state index contributed by atoms with van der Waals surface area (Å²) in [6.45, 7) is 3.79. The Morgan fingerprint density at radius 2 is 1.90 bits per heavy atom. The number of amides is 1. The van der Waals surface area contributed by atoms with Crippen LogP contribution >= 0.6 is 11.3 Å². The Hall–Kier alpha value is -2.14. The standard InChI is InChI=1S/C16H17NO3S/c1-3-12-10(2)21-15(14(12)16(19)20)17-13(18)9-11-7-5-4-6-8-11/h4-8H,3,9H2,1-2H3,(H,17,18)(H,19,20). The Morgan fingerprint density at radius 3 is 2.48 bits per heavy atom. The summed E-state index contributed by atoms with van der Waals surface area (Å²) in [5.41, 5.74) is 1.92. The van der Waals surface area contributed by atoms with E-state index in [9.17, 15) is 14.7 Å². The number of hydrogen-bond donors (Lipinski definition) is 2. The number of carbonyl (C=O) groups is 2. The summed E-state index contributed by atoms with van der Waals surface area (Å²) in [7, 11) is 0. The first kappa shape index (κ1) is 15.3. The zero-order chi connectivity index (χ0) is 15.4. The quantitative estimate of drug-likeness (QED) is 0.888. The van der Waals surface area contributed by atoms with Crippen LogP contribution in [-0.4, -0.2) is 17.0 Å². The number of carboxylic acids is 1. The second-order valence-corrected chi connectivity index (χ2v) is 5.93. The van der Waals surface area contributed by atoms with Gasteiger partial charge in [-0.3, -0.25) is 4.79 Å². The molecule has 2 rings (SSSR count). The van der Waals surface area contributed by atoms with E-state index in [1.165, 1.54) is 11.3 Å². The molecular formula is C16H17NO3S. The Kier molecular flexibility index (Phi) is 4.75. The Bertz CT molecular complexity index is 662. The largest absolute Gasteiger partial charge is 0.478 e. The van der Waals surface area contributed by atoms with Crippen LogP contribution in [0.1, 0.15) is 33.3 Å². The fraction of sp³-hybridized carbons (Fsp3) is 0.250. The van der Waals surface area contributed by atoms with Gasteiger partial charge in [-0.15, -0.1) is 11.3 Å². The lowest BCUT2D eigenvalue weighted by atomic mass is 10.1. The highest BCUT2D eigenvalue weighted by molar-refractivity contribution is 7.16. The van der Waals surface area contributed by atoms with Crippen LogP contribution in [-0.2, 0) is 17.6 Å².